The molecule has 3 aromatic rings. The molecule has 0 amide bonds. The highest BCUT2D eigenvalue weighted by atomic mass is 16.5. The molecule has 0 saturated heterocycles. The van der Waals surface area contributed by atoms with E-state index in [1.54, 1.807) is 4.68 Å². The van der Waals surface area contributed by atoms with Crippen LogP contribution in [0, 0.1) is 0 Å². The number of nitrogens with zero attached hydrogens (tertiary/aromatic N) is 1. The lowest BCUT2D eigenvalue weighted by molar-refractivity contribution is -0.670. The molecule has 3 rings (SSSR count). The van der Waals surface area contributed by atoms with Crippen molar-refractivity contribution < 1.29 is 9.20 Å². The van der Waals surface area contributed by atoms with Crippen molar-refractivity contribution in [1.29, 1.82) is 0 Å². The van der Waals surface area contributed by atoms with Crippen molar-refractivity contribution in [2.75, 3.05) is 0 Å². The minimum Gasteiger partial charge on any atom is -0.283 e. The van der Waals surface area contributed by atoms with Crippen LogP contribution in [-0.4, -0.2) is 5.27 Å². The topological polar surface area (TPSA) is 49.9 Å². The van der Waals surface area contributed by atoms with Crippen LogP contribution in [0.4, 0.5) is 0 Å². The fraction of sp³-hybridized carbons (Fsp3) is 0. The Bertz CT molecular complexity index is 785. The van der Waals surface area contributed by atoms with Crippen LogP contribution < -0.4 is 10.3 Å². The van der Waals surface area contributed by atoms with Gasteiger partial charge in [-0.25, -0.2) is 4.79 Å². The third kappa shape index (κ3) is 2.59. The van der Waals surface area contributed by atoms with Crippen molar-refractivity contribution in [3.63, 3.8) is 0 Å². The Hall–Kier alpha value is -2.88. The fourth-order valence-corrected chi connectivity index (χ4v) is 1.97. The SMILES string of the molecule is O=c1c[n+](-c2ccccc2/C=C/c2ccccc2)[nH]o1. The number of rotatable bonds is 3. The first kappa shape index (κ1) is 12.2. The van der Waals surface area contributed by atoms with Gasteiger partial charge in [0.2, 0.25) is 5.69 Å². The van der Waals surface area contributed by atoms with Gasteiger partial charge in [-0.3, -0.25) is 4.52 Å². The number of H-pyrrole nitrogens is 1. The highest BCUT2D eigenvalue weighted by Gasteiger charge is 2.13. The van der Waals surface area contributed by atoms with Crippen LogP contribution in [0.3, 0.4) is 0 Å². The van der Waals surface area contributed by atoms with Crippen LogP contribution in [0.25, 0.3) is 17.8 Å². The van der Waals surface area contributed by atoms with Crippen molar-refractivity contribution >= 4 is 12.2 Å². The van der Waals surface area contributed by atoms with Crippen molar-refractivity contribution in [3.8, 4) is 5.69 Å². The summed E-state index contributed by atoms with van der Waals surface area (Å²) in [6.45, 7) is 0. The normalized spacial score (nSPS) is 11.0. The summed E-state index contributed by atoms with van der Waals surface area (Å²) >= 11 is 0. The van der Waals surface area contributed by atoms with Crippen molar-refractivity contribution in [3.05, 3.63) is 82.3 Å². The van der Waals surface area contributed by atoms with Crippen LogP contribution in [0.2, 0.25) is 0 Å². The van der Waals surface area contributed by atoms with Crippen LogP contribution in [-0.2, 0) is 0 Å². The molecule has 4 heteroatoms. The smallest absolute Gasteiger partial charge is 0.283 e. The van der Waals surface area contributed by atoms with E-state index in [-0.39, 0.29) is 0 Å². The zero-order valence-corrected chi connectivity index (χ0v) is 10.7. The fourth-order valence-electron chi connectivity index (χ4n) is 1.97. The maximum Gasteiger partial charge on any atom is 0.427 e. The predicted molar refractivity (Wildman–Crippen MR) is 76.2 cm³/mol. The van der Waals surface area contributed by atoms with Gasteiger partial charge < -0.3 is 0 Å². The molecule has 0 spiro atoms. The Morgan fingerprint density at radius 1 is 0.950 bits per heavy atom. The molecule has 0 unspecified atom stereocenters. The van der Waals surface area contributed by atoms with E-state index in [1.165, 1.54) is 6.20 Å². The summed E-state index contributed by atoms with van der Waals surface area (Å²) in [5, 5.41) is 2.56. The molecule has 1 N–H and O–H groups in total. The number of para-hydroxylation sites is 1. The minimum absolute atomic E-state index is 0.410. The van der Waals surface area contributed by atoms with Crippen LogP contribution in [0.15, 0.2) is 70.1 Å². The van der Waals surface area contributed by atoms with Gasteiger partial charge in [-0.15, -0.1) is 0 Å². The highest BCUT2D eigenvalue weighted by molar-refractivity contribution is 5.72. The number of benzene rings is 2. The summed E-state index contributed by atoms with van der Waals surface area (Å²) in [4.78, 5) is 11.1. The molecule has 98 valence electrons. The van der Waals surface area contributed by atoms with E-state index in [4.69, 9.17) is 4.52 Å². The molecule has 0 radical (unpaired) electrons. The molecule has 0 fully saturated rings. The maximum absolute atomic E-state index is 11.1. The van der Waals surface area contributed by atoms with E-state index in [2.05, 4.69) is 5.27 Å². The lowest BCUT2D eigenvalue weighted by atomic mass is 10.1. The molecule has 2 aromatic carbocycles. The van der Waals surface area contributed by atoms with Gasteiger partial charge in [0.15, 0.2) is 0 Å². The van der Waals surface area contributed by atoms with E-state index in [9.17, 15) is 4.79 Å². The molecular formula is C16H13N2O2+. The van der Waals surface area contributed by atoms with Crippen molar-refractivity contribution in [2.45, 2.75) is 0 Å². The molecule has 1 aromatic heterocycles. The van der Waals surface area contributed by atoms with E-state index in [1.807, 2.05) is 66.7 Å². The Balaban J connectivity index is 1.98. The van der Waals surface area contributed by atoms with Crippen LogP contribution >= 0.6 is 0 Å². The summed E-state index contributed by atoms with van der Waals surface area (Å²) < 4.78 is 6.26. The molecule has 0 aliphatic rings. The van der Waals surface area contributed by atoms with Gasteiger partial charge in [0, 0.05) is 11.6 Å². The Morgan fingerprint density at radius 3 is 2.45 bits per heavy atom. The second-order valence-corrected chi connectivity index (χ2v) is 4.31. The van der Waals surface area contributed by atoms with Crippen LogP contribution in [0.1, 0.15) is 11.1 Å². The van der Waals surface area contributed by atoms with E-state index < -0.39 is 5.63 Å². The number of aromatic nitrogens is 2. The third-order valence-corrected chi connectivity index (χ3v) is 2.93. The Kier molecular flexibility index (Phi) is 3.29. The van der Waals surface area contributed by atoms with E-state index in [0.29, 0.717) is 0 Å². The minimum atomic E-state index is -0.410. The molecule has 1 heterocycles. The van der Waals surface area contributed by atoms with Gasteiger partial charge in [0.05, 0.1) is 0 Å². The average molecular weight is 265 g/mol. The third-order valence-electron chi connectivity index (χ3n) is 2.93. The predicted octanol–water partition coefficient (Wildman–Crippen LogP) is 2.42. The van der Waals surface area contributed by atoms with Gasteiger partial charge in [-0.1, -0.05) is 48.5 Å². The molecular weight excluding hydrogens is 252 g/mol. The summed E-state index contributed by atoms with van der Waals surface area (Å²) in [5.41, 5.74) is 2.55. The Morgan fingerprint density at radius 2 is 1.70 bits per heavy atom. The summed E-state index contributed by atoms with van der Waals surface area (Å²) in [7, 11) is 0. The molecule has 0 bridgehead atoms. The first-order valence-electron chi connectivity index (χ1n) is 6.26. The monoisotopic (exact) mass is 265 g/mol. The van der Waals surface area contributed by atoms with Gasteiger partial charge >= 0.3 is 5.63 Å². The van der Waals surface area contributed by atoms with E-state index in [0.717, 1.165) is 16.8 Å². The maximum atomic E-state index is 11.1. The molecule has 4 nitrogen and oxygen atoms in total. The molecule has 0 atom stereocenters. The Labute approximate surface area is 115 Å². The molecule has 0 aliphatic carbocycles. The number of hydrogen-bond donors (Lipinski definition) is 1. The number of aromatic amines is 1. The van der Waals surface area contributed by atoms with Gasteiger partial charge in [0.25, 0.3) is 6.20 Å². The van der Waals surface area contributed by atoms with E-state index >= 15 is 0 Å². The average Bonchev–Trinajstić information content (AvgIpc) is 2.93. The zero-order valence-electron chi connectivity index (χ0n) is 10.7. The largest absolute Gasteiger partial charge is 0.427 e. The van der Waals surface area contributed by atoms with Crippen molar-refractivity contribution in [2.24, 2.45) is 0 Å². The first-order chi connectivity index (χ1) is 9.83. The van der Waals surface area contributed by atoms with Gasteiger partial charge in [-0.2, -0.15) is 0 Å². The van der Waals surface area contributed by atoms with Gasteiger partial charge in [-0.05, 0) is 27.7 Å². The van der Waals surface area contributed by atoms with Crippen molar-refractivity contribution in [1.82, 2.24) is 5.27 Å². The summed E-state index contributed by atoms with van der Waals surface area (Å²) in [6.07, 6.45) is 5.40. The molecule has 20 heavy (non-hydrogen) atoms. The van der Waals surface area contributed by atoms with Gasteiger partial charge in [0.1, 0.15) is 0 Å². The lowest BCUT2D eigenvalue weighted by Gasteiger charge is -1.96. The molecule has 0 aliphatic heterocycles. The molecule has 0 saturated carbocycles. The summed E-state index contributed by atoms with van der Waals surface area (Å²) in [5.74, 6) is 0. The number of nitrogens with one attached hydrogen (secondary N) is 1. The second-order valence-electron chi connectivity index (χ2n) is 4.31. The second kappa shape index (κ2) is 5.40. The first-order valence-corrected chi connectivity index (χ1v) is 6.26. The summed E-state index contributed by atoms with van der Waals surface area (Å²) in [6, 6.07) is 17.8. The lowest BCUT2D eigenvalue weighted by Crippen LogP contribution is -2.33. The quantitative estimate of drug-likeness (QED) is 0.584. The zero-order chi connectivity index (χ0) is 13.8. The standard InChI is InChI=1S/C16H12N2O2/c19-16-12-18(17-20-16)15-9-5-4-8-14(15)11-10-13-6-2-1-3-7-13/h1-12H/p+1/b11-10+. The van der Waals surface area contributed by atoms with Crippen LogP contribution in [0.5, 0.6) is 0 Å². The highest BCUT2D eigenvalue weighted by Crippen LogP contribution is 2.12. The number of hydrogen-bond acceptors (Lipinski definition) is 2.